The molecule has 1 fully saturated rings. The zero-order valence-electron chi connectivity index (χ0n) is 13.7. The molecular formula is C18H22N2O3S. The third kappa shape index (κ3) is 3.60. The zero-order valence-corrected chi connectivity index (χ0v) is 14.6. The molecule has 0 bridgehead atoms. The van der Waals surface area contributed by atoms with Crippen LogP contribution in [0.25, 0.3) is 10.8 Å². The second-order valence-electron chi connectivity index (χ2n) is 6.11. The van der Waals surface area contributed by atoms with Crippen LogP contribution in [-0.4, -0.2) is 44.1 Å². The van der Waals surface area contributed by atoms with Crippen molar-refractivity contribution < 1.29 is 13.2 Å². The van der Waals surface area contributed by atoms with Gasteiger partial charge in [0.05, 0.1) is 5.75 Å². The number of nitrogens with zero attached hydrogens (tertiary/aromatic N) is 1. The van der Waals surface area contributed by atoms with Crippen molar-refractivity contribution in [3.8, 4) is 0 Å². The SMILES string of the molecule is CCS(=O)(=O)NC1CCN(C(=O)c2cccc3ccccc23)CC1. The highest BCUT2D eigenvalue weighted by molar-refractivity contribution is 7.89. The Labute approximate surface area is 142 Å². The van der Waals surface area contributed by atoms with Crippen LogP contribution < -0.4 is 4.72 Å². The van der Waals surface area contributed by atoms with E-state index in [0.29, 0.717) is 31.5 Å². The number of piperidine rings is 1. The number of rotatable bonds is 4. The van der Waals surface area contributed by atoms with Crippen LogP contribution in [0.1, 0.15) is 30.1 Å². The number of hydrogen-bond donors (Lipinski definition) is 1. The van der Waals surface area contributed by atoms with Gasteiger partial charge in [-0.1, -0.05) is 36.4 Å². The first-order valence-electron chi connectivity index (χ1n) is 8.27. The highest BCUT2D eigenvalue weighted by atomic mass is 32.2. The maximum atomic E-state index is 12.8. The lowest BCUT2D eigenvalue weighted by Crippen LogP contribution is -2.46. The fourth-order valence-electron chi connectivity index (χ4n) is 3.12. The van der Waals surface area contributed by atoms with Gasteiger partial charge in [0, 0.05) is 24.7 Å². The van der Waals surface area contributed by atoms with Gasteiger partial charge in [0.1, 0.15) is 0 Å². The van der Waals surface area contributed by atoms with Gasteiger partial charge in [0.25, 0.3) is 5.91 Å². The van der Waals surface area contributed by atoms with Crippen LogP contribution in [0.2, 0.25) is 0 Å². The summed E-state index contributed by atoms with van der Waals surface area (Å²) in [5, 5.41) is 2.01. The molecule has 0 aliphatic carbocycles. The van der Waals surface area contributed by atoms with Gasteiger partial charge in [-0.05, 0) is 36.6 Å². The monoisotopic (exact) mass is 346 g/mol. The zero-order chi connectivity index (χ0) is 17.2. The average molecular weight is 346 g/mol. The van der Waals surface area contributed by atoms with E-state index in [2.05, 4.69) is 4.72 Å². The minimum Gasteiger partial charge on any atom is -0.339 e. The first-order chi connectivity index (χ1) is 11.5. The molecular weight excluding hydrogens is 324 g/mol. The Bertz CT molecular complexity index is 835. The highest BCUT2D eigenvalue weighted by Crippen LogP contribution is 2.22. The van der Waals surface area contributed by atoms with Crippen LogP contribution in [0.4, 0.5) is 0 Å². The minimum absolute atomic E-state index is 0.0172. The summed E-state index contributed by atoms with van der Waals surface area (Å²) in [6, 6.07) is 13.5. The molecule has 5 nitrogen and oxygen atoms in total. The Morgan fingerprint density at radius 1 is 1.12 bits per heavy atom. The molecule has 3 rings (SSSR count). The van der Waals surface area contributed by atoms with E-state index in [-0.39, 0.29) is 17.7 Å². The van der Waals surface area contributed by atoms with E-state index < -0.39 is 10.0 Å². The Morgan fingerprint density at radius 3 is 2.50 bits per heavy atom. The second kappa shape index (κ2) is 6.91. The topological polar surface area (TPSA) is 66.5 Å². The third-order valence-corrected chi connectivity index (χ3v) is 5.98. The molecule has 1 saturated heterocycles. The first kappa shape index (κ1) is 16.9. The molecule has 1 N–H and O–H groups in total. The summed E-state index contributed by atoms with van der Waals surface area (Å²) < 4.78 is 26.0. The number of nitrogens with one attached hydrogen (secondary N) is 1. The fourth-order valence-corrected chi connectivity index (χ4v) is 4.03. The van der Waals surface area contributed by atoms with Gasteiger partial charge in [0.2, 0.25) is 10.0 Å². The normalized spacial score (nSPS) is 16.5. The molecule has 1 aliphatic heterocycles. The summed E-state index contributed by atoms with van der Waals surface area (Å²) in [5.41, 5.74) is 0.709. The van der Waals surface area contributed by atoms with Gasteiger partial charge in [-0.15, -0.1) is 0 Å². The number of benzene rings is 2. The van der Waals surface area contributed by atoms with Crippen molar-refractivity contribution in [1.82, 2.24) is 9.62 Å². The largest absolute Gasteiger partial charge is 0.339 e. The number of hydrogen-bond acceptors (Lipinski definition) is 3. The second-order valence-corrected chi connectivity index (χ2v) is 8.16. The van der Waals surface area contributed by atoms with Gasteiger partial charge >= 0.3 is 0 Å². The predicted molar refractivity (Wildman–Crippen MR) is 95.5 cm³/mol. The van der Waals surface area contributed by atoms with E-state index in [0.717, 1.165) is 10.8 Å². The Kier molecular flexibility index (Phi) is 4.87. The molecule has 2 aromatic carbocycles. The maximum Gasteiger partial charge on any atom is 0.254 e. The van der Waals surface area contributed by atoms with Gasteiger partial charge in [0.15, 0.2) is 0 Å². The molecule has 0 spiro atoms. The number of sulfonamides is 1. The van der Waals surface area contributed by atoms with E-state index >= 15 is 0 Å². The Balaban J connectivity index is 1.71. The average Bonchev–Trinajstić information content (AvgIpc) is 2.61. The van der Waals surface area contributed by atoms with Crippen molar-refractivity contribution in [1.29, 1.82) is 0 Å². The van der Waals surface area contributed by atoms with E-state index in [9.17, 15) is 13.2 Å². The van der Waals surface area contributed by atoms with Crippen molar-refractivity contribution in [3.05, 3.63) is 48.0 Å². The number of carbonyl (C=O) groups excluding carboxylic acids is 1. The van der Waals surface area contributed by atoms with Crippen LogP contribution in [0.5, 0.6) is 0 Å². The van der Waals surface area contributed by atoms with Crippen molar-refractivity contribution in [2.45, 2.75) is 25.8 Å². The number of likely N-dealkylation sites (tertiary alicyclic amines) is 1. The van der Waals surface area contributed by atoms with Crippen LogP contribution in [0, 0.1) is 0 Å². The molecule has 128 valence electrons. The standard InChI is InChI=1S/C18H22N2O3S/c1-2-24(22,23)19-15-10-12-20(13-11-15)18(21)17-9-5-7-14-6-3-4-8-16(14)17/h3-9,15,19H,2,10-13H2,1H3. The highest BCUT2D eigenvalue weighted by Gasteiger charge is 2.26. The molecule has 1 amide bonds. The molecule has 24 heavy (non-hydrogen) atoms. The van der Waals surface area contributed by atoms with Crippen LogP contribution >= 0.6 is 0 Å². The van der Waals surface area contributed by atoms with Gasteiger partial charge in [-0.3, -0.25) is 4.79 Å². The van der Waals surface area contributed by atoms with E-state index in [1.165, 1.54) is 0 Å². The van der Waals surface area contributed by atoms with E-state index in [1.807, 2.05) is 47.4 Å². The number of fused-ring (bicyclic) bond motifs is 1. The summed E-state index contributed by atoms with van der Waals surface area (Å²) in [6.07, 6.45) is 1.30. The predicted octanol–water partition coefficient (Wildman–Crippen LogP) is 2.38. The molecule has 0 radical (unpaired) electrons. The molecule has 0 aromatic heterocycles. The van der Waals surface area contributed by atoms with Crippen molar-refractivity contribution >= 4 is 26.7 Å². The lowest BCUT2D eigenvalue weighted by molar-refractivity contribution is 0.0713. The quantitative estimate of drug-likeness (QED) is 0.924. The van der Waals surface area contributed by atoms with E-state index in [1.54, 1.807) is 6.92 Å². The molecule has 1 aliphatic rings. The molecule has 1 heterocycles. The van der Waals surface area contributed by atoms with Gasteiger partial charge in [-0.25, -0.2) is 13.1 Å². The summed E-state index contributed by atoms with van der Waals surface area (Å²) in [7, 11) is -3.19. The number of amides is 1. The van der Waals surface area contributed by atoms with Crippen molar-refractivity contribution in [2.24, 2.45) is 0 Å². The van der Waals surface area contributed by atoms with Crippen molar-refractivity contribution in [3.63, 3.8) is 0 Å². The lowest BCUT2D eigenvalue weighted by atomic mass is 10.0. The molecule has 0 unspecified atom stereocenters. The molecule has 2 aromatic rings. The van der Waals surface area contributed by atoms with Crippen LogP contribution in [0.3, 0.4) is 0 Å². The third-order valence-electron chi connectivity index (χ3n) is 4.53. The van der Waals surface area contributed by atoms with Gasteiger partial charge < -0.3 is 4.90 Å². The van der Waals surface area contributed by atoms with Crippen molar-refractivity contribution in [2.75, 3.05) is 18.8 Å². The van der Waals surface area contributed by atoms with E-state index in [4.69, 9.17) is 0 Å². The van der Waals surface area contributed by atoms with Gasteiger partial charge in [-0.2, -0.15) is 0 Å². The Hall–Kier alpha value is -1.92. The maximum absolute atomic E-state index is 12.8. The minimum atomic E-state index is -3.19. The smallest absolute Gasteiger partial charge is 0.254 e. The first-order valence-corrected chi connectivity index (χ1v) is 9.92. The lowest BCUT2D eigenvalue weighted by Gasteiger charge is -2.32. The summed E-state index contributed by atoms with van der Waals surface area (Å²) in [4.78, 5) is 14.7. The summed E-state index contributed by atoms with van der Waals surface area (Å²) >= 11 is 0. The molecule has 0 atom stereocenters. The summed E-state index contributed by atoms with van der Waals surface area (Å²) in [5.74, 6) is 0.103. The van der Waals surface area contributed by atoms with Crippen LogP contribution in [-0.2, 0) is 10.0 Å². The fraction of sp³-hybridized carbons (Fsp3) is 0.389. The summed E-state index contributed by atoms with van der Waals surface area (Å²) in [6.45, 7) is 2.76. The van der Waals surface area contributed by atoms with Crippen LogP contribution in [0.15, 0.2) is 42.5 Å². The molecule has 0 saturated carbocycles. The molecule has 6 heteroatoms. The Morgan fingerprint density at radius 2 is 1.79 bits per heavy atom. The number of carbonyl (C=O) groups is 1.